The van der Waals surface area contributed by atoms with E-state index in [0.717, 1.165) is 13.1 Å². The molecule has 1 aliphatic heterocycles. The smallest absolute Gasteiger partial charge is 0.0869 e. The van der Waals surface area contributed by atoms with Gasteiger partial charge in [0.1, 0.15) is 0 Å². The first-order valence-corrected chi connectivity index (χ1v) is 6.61. The molecule has 0 aromatic heterocycles. The van der Waals surface area contributed by atoms with Crippen molar-refractivity contribution in [2.24, 2.45) is 0 Å². The van der Waals surface area contributed by atoms with Crippen LogP contribution >= 0.6 is 0 Å². The van der Waals surface area contributed by atoms with Crippen LogP contribution in [0.25, 0.3) is 0 Å². The van der Waals surface area contributed by atoms with E-state index in [-0.39, 0.29) is 6.04 Å². The number of piperazine rings is 1. The molecule has 1 aliphatic rings. The third-order valence-corrected chi connectivity index (χ3v) is 3.81. The predicted molar refractivity (Wildman–Crippen MR) is 76.2 cm³/mol. The molecule has 0 spiro atoms. The molecular formula is C16H19N3. The van der Waals surface area contributed by atoms with Crippen LogP contribution in [0, 0.1) is 23.7 Å². The molecule has 1 saturated heterocycles. The van der Waals surface area contributed by atoms with Gasteiger partial charge in [-0.3, -0.25) is 9.80 Å². The summed E-state index contributed by atoms with van der Waals surface area (Å²) in [5.41, 5.74) is 1.27. The zero-order chi connectivity index (χ0) is 13.7. The Morgan fingerprint density at radius 1 is 1.21 bits per heavy atom. The van der Waals surface area contributed by atoms with E-state index in [1.54, 1.807) is 0 Å². The summed E-state index contributed by atoms with van der Waals surface area (Å²) in [5, 5.41) is 8.92. The largest absolute Gasteiger partial charge is 0.285 e. The average molecular weight is 253 g/mol. The summed E-state index contributed by atoms with van der Waals surface area (Å²) < 4.78 is 0. The average Bonchev–Trinajstić information content (AvgIpc) is 2.43. The predicted octanol–water partition coefficient (Wildman–Crippen LogP) is 1.89. The van der Waals surface area contributed by atoms with E-state index in [4.69, 9.17) is 11.7 Å². The van der Waals surface area contributed by atoms with Gasteiger partial charge in [-0.25, -0.2) is 0 Å². The molecule has 1 aromatic carbocycles. The quantitative estimate of drug-likeness (QED) is 0.609. The maximum Gasteiger partial charge on any atom is 0.0869 e. The molecule has 0 bridgehead atoms. The molecule has 1 heterocycles. The lowest BCUT2D eigenvalue weighted by Crippen LogP contribution is -2.53. The van der Waals surface area contributed by atoms with Crippen molar-refractivity contribution in [2.75, 3.05) is 26.2 Å². The summed E-state index contributed by atoms with van der Waals surface area (Å²) in [6.07, 6.45) is 5.48. The number of hydrogen-bond acceptors (Lipinski definition) is 3. The van der Waals surface area contributed by atoms with Gasteiger partial charge in [-0.15, -0.1) is 6.42 Å². The Hall–Kier alpha value is -1.81. The van der Waals surface area contributed by atoms with Crippen LogP contribution < -0.4 is 0 Å². The Morgan fingerprint density at radius 2 is 1.89 bits per heavy atom. The van der Waals surface area contributed by atoms with Crippen LogP contribution in [0.1, 0.15) is 18.5 Å². The van der Waals surface area contributed by atoms with Crippen molar-refractivity contribution in [2.45, 2.75) is 19.0 Å². The van der Waals surface area contributed by atoms with Crippen molar-refractivity contribution < 1.29 is 0 Å². The highest BCUT2D eigenvalue weighted by Gasteiger charge is 2.33. The summed E-state index contributed by atoms with van der Waals surface area (Å²) in [4.78, 5) is 4.55. The van der Waals surface area contributed by atoms with E-state index in [0.29, 0.717) is 19.1 Å². The van der Waals surface area contributed by atoms with E-state index in [1.165, 1.54) is 5.56 Å². The topological polar surface area (TPSA) is 30.3 Å². The highest BCUT2D eigenvalue weighted by molar-refractivity contribution is 5.22. The van der Waals surface area contributed by atoms with E-state index < -0.39 is 0 Å². The van der Waals surface area contributed by atoms with Crippen LogP contribution in [0.4, 0.5) is 0 Å². The van der Waals surface area contributed by atoms with Gasteiger partial charge in [0.15, 0.2) is 0 Å². The molecule has 2 atom stereocenters. The maximum atomic E-state index is 8.92. The van der Waals surface area contributed by atoms with E-state index in [1.807, 2.05) is 6.07 Å². The van der Waals surface area contributed by atoms with Crippen LogP contribution in [0.5, 0.6) is 0 Å². The molecule has 1 fully saturated rings. The van der Waals surface area contributed by atoms with E-state index >= 15 is 0 Å². The van der Waals surface area contributed by atoms with Gasteiger partial charge in [-0.05, 0) is 12.5 Å². The van der Waals surface area contributed by atoms with Gasteiger partial charge in [0.2, 0.25) is 0 Å². The molecule has 1 aromatic rings. The number of benzene rings is 1. The number of nitriles is 1. The first-order chi connectivity index (χ1) is 9.27. The Kier molecular flexibility index (Phi) is 4.58. The molecule has 0 radical (unpaired) electrons. The van der Waals surface area contributed by atoms with Crippen molar-refractivity contribution in [3.05, 3.63) is 35.9 Å². The molecule has 0 amide bonds. The van der Waals surface area contributed by atoms with Crippen molar-refractivity contribution >= 4 is 0 Å². The third kappa shape index (κ3) is 2.96. The van der Waals surface area contributed by atoms with Crippen molar-refractivity contribution in [1.82, 2.24) is 9.80 Å². The second kappa shape index (κ2) is 6.38. The lowest BCUT2D eigenvalue weighted by Gasteiger charge is -2.45. The Labute approximate surface area is 115 Å². The Balaban J connectivity index is 2.26. The van der Waals surface area contributed by atoms with E-state index in [9.17, 15) is 0 Å². The Morgan fingerprint density at radius 3 is 2.53 bits per heavy atom. The second-order valence-electron chi connectivity index (χ2n) is 4.90. The minimum Gasteiger partial charge on any atom is -0.285 e. The zero-order valence-corrected chi connectivity index (χ0v) is 11.3. The zero-order valence-electron chi connectivity index (χ0n) is 11.3. The second-order valence-corrected chi connectivity index (χ2v) is 4.90. The standard InChI is InChI=1S/C16H19N3/c1-3-10-19-13-12-18(11-9-17)14(2)16(19)15-7-5-4-6-8-15/h1,4-8,14,16H,10-13H2,2H3. The van der Waals surface area contributed by atoms with Gasteiger partial charge in [-0.2, -0.15) is 5.26 Å². The van der Waals surface area contributed by atoms with Crippen molar-refractivity contribution in [3.8, 4) is 18.4 Å². The van der Waals surface area contributed by atoms with Gasteiger partial charge in [0, 0.05) is 19.1 Å². The summed E-state index contributed by atoms with van der Waals surface area (Å²) in [6, 6.07) is 13.2. The van der Waals surface area contributed by atoms with Gasteiger partial charge >= 0.3 is 0 Å². The van der Waals surface area contributed by atoms with Crippen LogP contribution in [0.15, 0.2) is 30.3 Å². The summed E-state index contributed by atoms with van der Waals surface area (Å²) in [6.45, 7) is 5.13. The molecule has 3 heteroatoms. The van der Waals surface area contributed by atoms with Crippen LogP contribution in [0.3, 0.4) is 0 Å². The molecule has 19 heavy (non-hydrogen) atoms. The fourth-order valence-electron chi connectivity index (χ4n) is 2.85. The lowest BCUT2D eigenvalue weighted by molar-refractivity contribution is 0.0434. The fourth-order valence-corrected chi connectivity index (χ4v) is 2.85. The van der Waals surface area contributed by atoms with Crippen molar-refractivity contribution in [1.29, 1.82) is 5.26 Å². The minimum absolute atomic E-state index is 0.263. The molecule has 3 nitrogen and oxygen atoms in total. The molecule has 2 unspecified atom stereocenters. The number of hydrogen-bond donors (Lipinski definition) is 0. The molecule has 0 N–H and O–H groups in total. The number of nitrogens with zero attached hydrogens (tertiary/aromatic N) is 3. The Bertz CT molecular complexity index is 483. The van der Waals surface area contributed by atoms with Gasteiger partial charge in [0.05, 0.1) is 25.2 Å². The summed E-state index contributed by atoms with van der Waals surface area (Å²) in [5.74, 6) is 2.75. The lowest BCUT2D eigenvalue weighted by atomic mass is 9.95. The highest BCUT2D eigenvalue weighted by atomic mass is 15.3. The molecular weight excluding hydrogens is 234 g/mol. The van der Waals surface area contributed by atoms with Crippen LogP contribution in [-0.2, 0) is 0 Å². The molecule has 0 aliphatic carbocycles. The van der Waals surface area contributed by atoms with Crippen molar-refractivity contribution in [3.63, 3.8) is 0 Å². The highest BCUT2D eigenvalue weighted by Crippen LogP contribution is 2.30. The minimum atomic E-state index is 0.263. The van der Waals surface area contributed by atoms with Gasteiger partial charge in [0.25, 0.3) is 0 Å². The molecule has 98 valence electrons. The molecule has 0 saturated carbocycles. The number of rotatable bonds is 3. The molecule has 2 rings (SSSR count). The first kappa shape index (κ1) is 13.6. The van der Waals surface area contributed by atoms with Gasteiger partial charge in [-0.1, -0.05) is 36.3 Å². The third-order valence-electron chi connectivity index (χ3n) is 3.81. The normalized spacial score (nSPS) is 24.6. The van der Waals surface area contributed by atoms with Crippen LogP contribution in [0.2, 0.25) is 0 Å². The SMILES string of the molecule is C#CCN1CCN(CC#N)C(C)C1c1ccccc1. The van der Waals surface area contributed by atoms with E-state index in [2.05, 4.69) is 53.0 Å². The monoisotopic (exact) mass is 253 g/mol. The summed E-state index contributed by atoms with van der Waals surface area (Å²) in [7, 11) is 0. The first-order valence-electron chi connectivity index (χ1n) is 6.61. The maximum absolute atomic E-state index is 8.92. The van der Waals surface area contributed by atoms with Gasteiger partial charge < -0.3 is 0 Å². The number of terminal acetylenes is 1. The van der Waals surface area contributed by atoms with Crippen LogP contribution in [-0.4, -0.2) is 42.0 Å². The fraction of sp³-hybridized carbons (Fsp3) is 0.438. The summed E-state index contributed by atoms with van der Waals surface area (Å²) >= 11 is 0.